The fourth-order valence-corrected chi connectivity index (χ4v) is 4.16. The number of carbonyl (C=O) groups is 2. The molecule has 1 fully saturated rings. The van der Waals surface area contributed by atoms with Crippen LogP contribution < -0.4 is 10.1 Å². The van der Waals surface area contributed by atoms with Crippen molar-refractivity contribution >= 4 is 23.3 Å². The highest BCUT2D eigenvalue weighted by Crippen LogP contribution is 2.36. The van der Waals surface area contributed by atoms with Gasteiger partial charge in [-0.15, -0.1) is 0 Å². The Morgan fingerprint density at radius 2 is 1.92 bits per heavy atom. The van der Waals surface area contributed by atoms with Gasteiger partial charge >= 0.3 is 6.18 Å². The number of alkyl halides is 3. The highest BCUT2D eigenvalue weighted by molar-refractivity contribution is 6.30. The molecule has 1 aliphatic heterocycles. The topological polar surface area (TPSA) is 86.1 Å². The summed E-state index contributed by atoms with van der Waals surface area (Å²) in [5, 5.41) is 7.42. The van der Waals surface area contributed by atoms with Crippen molar-refractivity contribution in [3.63, 3.8) is 0 Å². The van der Waals surface area contributed by atoms with Crippen molar-refractivity contribution in [2.24, 2.45) is 11.8 Å². The quantitative estimate of drug-likeness (QED) is 0.431. The molecule has 1 aliphatic rings. The van der Waals surface area contributed by atoms with Crippen LogP contribution in [0.2, 0.25) is 5.02 Å². The molecule has 196 valence electrons. The predicted molar refractivity (Wildman–Crippen MR) is 127 cm³/mol. The zero-order chi connectivity index (χ0) is 27.1. The molecule has 1 saturated heterocycles. The Kier molecular flexibility index (Phi) is 7.02. The molecule has 12 heteroatoms. The SMILES string of the molecule is C[C@H]1C(=O)NC[C@@H]1C(=O)Cc1cc(-c2cc(F)cc(OC(C)(C)C(F)(F)F)c2)n(-c2cncc(Cl)c2)n1. The summed E-state index contributed by atoms with van der Waals surface area (Å²) in [5.74, 6) is -2.58. The number of Topliss-reactive ketones (excluding diaryl/α,β-unsaturated/α-hetero) is 1. The van der Waals surface area contributed by atoms with E-state index in [1.54, 1.807) is 13.0 Å². The van der Waals surface area contributed by atoms with Crippen LogP contribution in [0.5, 0.6) is 5.75 Å². The molecule has 0 aliphatic carbocycles. The summed E-state index contributed by atoms with van der Waals surface area (Å²) in [4.78, 5) is 28.8. The van der Waals surface area contributed by atoms with Crippen molar-refractivity contribution in [3.05, 3.63) is 59.3 Å². The monoisotopic (exact) mass is 538 g/mol. The first-order valence-electron chi connectivity index (χ1n) is 11.3. The maximum absolute atomic E-state index is 14.6. The number of ketones is 1. The van der Waals surface area contributed by atoms with Crippen molar-refractivity contribution in [1.82, 2.24) is 20.1 Å². The Morgan fingerprint density at radius 3 is 2.54 bits per heavy atom. The second kappa shape index (κ2) is 9.77. The van der Waals surface area contributed by atoms with E-state index in [0.717, 1.165) is 26.0 Å². The third-order valence-corrected chi connectivity index (χ3v) is 6.41. The van der Waals surface area contributed by atoms with Crippen LogP contribution in [0.25, 0.3) is 16.9 Å². The van der Waals surface area contributed by atoms with E-state index in [1.807, 2.05) is 0 Å². The van der Waals surface area contributed by atoms with E-state index in [1.165, 1.54) is 29.2 Å². The van der Waals surface area contributed by atoms with Crippen molar-refractivity contribution in [1.29, 1.82) is 0 Å². The molecule has 3 aromatic rings. The number of pyridine rings is 1. The molecule has 1 aromatic carbocycles. The molecule has 37 heavy (non-hydrogen) atoms. The van der Waals surface area contributed by atoms with Gasteiger partial charge in [0, 0.05) is 36.2 Å². The molecule has 2 atom stereocenters. The largest absolute Gasteiger partial charge is 0.478 e. The lowest BCUT2D eigenvalue weighted by Crippen LogP contribution is -2.44. The third kappa shape index (κ3) is 5.61. The normalized spacial score (nSPS) is 18.1. The number of amides is 1. The van der Waals surface area contributed by atoms with Crippen LogP contribution in [0.3, 0.4) is 0 Å². The first kappa shape index (κ1) is 26.6. The summed E-state index contributed by atoms with van der Waals surface area (Å²) < 4.78 is 61.1. The number of hydrogen-bond donors (Lipinski definition) is 1. The zero-order valence-corrected chi connectivity index (χ0v) is 20.8. The molecule has 1 amide bonds. The second-order valence-electron chi connectivity index (χ2n) is 9.36. The van der Waals surface area contributed by atoms with Crippen LogP contribution in [0.4, 0.5) is 17.6 Å². The van der Waals surface area contributed by atoms with Gasteiger partial charge in [0.25, 0.3) is 0 Å². The second-order valence-corrected chi connectivity index (χ2v) is 9.80. The average molecular weight is 539 g/mol. The van der Waals surface area contributed by atoms with Gasteiger partial charge in [0.2, 0.25) is 5.91 Å². The summed E-state index contributed by atoms with van der Waals surface area (Å²) in [7, 11) is 0. The van der Waals surface area contributed by atoms with Gasteiger partial charge in [-0.05, 0) is 38.1 Å². The number of carbonyl (C=O) groups excluding carboxylic acids is 2. The highest BCUT2D eigenvalue weighted by Gasteiger charge is 2.50. The van der Waals surface area contributed by atoms with Crippen LogP contribution in [0.15, 0.2) is 42.7 Å². The van der Waals surface area contributed by atoms with E-state index in [-0.39, 0.29) is 46.7 Å². The minimum absolute atomic E-state index is 0.113. The first-order chi connectivity index (χ1) is 17.2. The molecule has 0 saturated carbocycles. The molecule has 2 aromatic heterocycles. The highest BCUT2D eigenvalue weighted by atomic mass is 35.5. The maximum atomic E-state index is 14.6. The molecule has 1 N–H and O–H groups in total. The fourth-order valence-electron chi connectivity index (χ4n) is 3.99. The molecular formula is C25H23ClF4N4O3. The predicted octanol–water partition coefficient (Wildman–Crippen LogP) is 4.94. The van der Waals surface area contributed by atoms with Crippen molar-refractivity contribution in [3.8, 4) is 22.7 Å². The van der Waals surface area contributed by atoms with Gasteiger partial charge in [0.1, 0.15) is 17.3 Å². The zero-order valence-electron chi connectivity index (χ0n) is 20.1. The Morgan fingerprint density at radius 1 is 1.19 bits per heavy atom. The van der Waals surface area contributed by atoms with Crippen molar-refractivity contribution < 1.29 is 31.9 Å². The lowest BCUT2D eigenvalue weighted by atomic mass is 9.91. The number of nitrogens with zero attached hydrogens (tertiary/aromatic N) is 3. The van der Waals surface area contributed by atoms with Gasteiger partial charge in [0.15, 0.2) is 5.60 Å². The van der Waals surface area contributed by atoms with Crippen molar-refractivity contribution in [2.45, 2.75) is 39.0 Å². The van der Waals surface area contributed by atoms with E-state index in [0.29, 0.717) is 11.4 Å². The number of nitrogens with one attached hydrogen (secondary N) is 1. The van der Waals surface area contributed by atoms with Crippen LogP contribution in [0, 0.1) is 17.7 Å². The van der Waals surface area contributed by atoms with Gasteiger partial charge in [-0.3, -0.25) is 14.6 Å². The summed E-state index contributed by atoms with van der Waals surface area (Å²) in [6.07, 6.45) is -1.97. The molecule has 0 unspecified atom stereocenters. The van der Waals surface area contributed by atoms with Gasteiger partial charge < -0.3 is 10.1 Å². The van der Waals surface area contributed by atoms with Gasteiger partial charge in [-0.25, -0.2) is 9.07 Å². The molecule has 0 bridgehead atoms. The summed E-state index contributed by atoms with van der Waals surface area (Å²) in [6.45, 7) is 3.58. The number of halogens is 5. The van der Waals surface area contributed by atoms with Gasteiger partial charge in [-0.1, -0.05) is 18.5 Å². The van der Waals surface area contributed by atoms with E-state index >= 15 is 0 Å². The minimum atomic E-state index is -4.70. The van der Waals surface area contributed by atoms with E-state index < -0.39 is 29.4 Å². The molecule has 0 radical (unpaired) electrons. The molecule has 3 heterocycles. The van der Waals surface area contributed by atoms with Crippen LogP contribution in [-0.4, -0.2) is 44.8 Å². The average Bonchev–Trinajstić information content (AvgIpc) is 3.35. The van der Waals surface area contributed by atoms with Crippen LogP contribution in [0.1, 0.15) is 26.5 Å². The molecule has 7 nitrogen and oxygen atoms in total. The number of benzene rings is 1. The Bertz CT molecular complexity index is 1360. The van der Waals surface area contributed by atoms with Gasteiger partial charge in [-0.2, -0.15) is 18.3 Å². The summed E-state index contributed by atoms with van der Waals surface area (Å²) in [6, 6.07) is 6.30. The molecule has 4 rings (SSSR count). The number of rotatable bonds is 7. The summed E-state index contributed by atoms with van der Waals surface area (Å²) >= 11 is 6.08. The van der Waals surface area contributed by atoms with Crippen LogP contribution in [-0.2, 0) is 16.0 Å². The van der Waals surface area contributed by atoms with E-state index in [4.69, 9.17) is 16.3 Å². The minimum Gasteiger partial charge on any atom is -0.478 e. The van der Waals surface area contributed by atoms with E-state index in [2.05, 4.69) is 15.4 Å². The Balaban J connectivity index is 1.75. The smallest absolute Gasteiger partial charge is 0.427 e. The molecule has 0 spiro atoms. The lowest BCUT2D eigenvalue weighted by Gasteiger charge is -2.29. The number of aromatic nitrogens is 3. The first-order valence-corrected chi connectivity index (χ1v) is 11.7. The third-order valence-electron chi connectivity index (χ3n) is 6.20. The van der Waals surface area contributed by atoms with Crippen molar-refractivity contribution in [2.75, 3.05) is 6.54 Å². The lowest BCUT2D eigenvalue weighted by molar-refractivity contribution is -0.234. The fraction of sp³-hybridized carbons (Fsp3) is 0.360. The number of ether oxygens (including phenoxy) is 1. The summed E-state index contributed by atoms with van der Waals surface area (Å²) in [5.41, 5.74) is -1.45. The van der Waals surface area contributed by atoms with E-state index in [9.17, 15) is 27.2 Å². The van der Waals surface area contributed by atoms with Gasteiger partial charge in [0.05, 0.1) is 34.7 Å². The Labute approximate surface area is 214 Å². The number of hydrogen-bond acceptors (Lipinski definition) is 5. The maximum Gasteiger partial charge on any atom is 0.427 e. The Hall–Kier alpha value is -3.47. The van der Waals surface area contributed by atoms with Crippen LogP contribution >= 0.6 is 11.6 Å². The molecular weight excluding hydrogens is 516 g/mol. The standard InChI is InChI=1S/C25H23ClF4N4O3/c1-13-20(12-32-23(13)36)22(35)9-17-8-21(34(33-17)18-6-15(26)10-31-11-18)14-4-16(27)7-19(5-14)37-24(2,3)25(28,29)30/h4-8,10-11,13,20H,9,12H2,1-3H3,(H,32,36)/t13-,20+/m1/s1.